The van der Waals surface area contributed by atoms with Crippen molar-refractivity contribution in [3.8, 4) is 0 Å². The summed E-state index contributed by atoms with van der Waals surface area (Å²) in [5, 5.41) is 2.28. The summed E-state index contributed by atoms with van der Waals surface area (Å²) in [6.07, 6.45) is 3.02. The van der Waals surface area contributed by atoms with Gasteiger partial charge in [0, 0.05) is 6.08 Å². The molecule has 0 aliphatic heterocycles. The molecule has 0 aromatic heterocycles. The molecule has 1 rings (SSSR count). The molecule has 0 radical (unpaired) electrons. The van der Waals surface area contributed by atoms with Crippen molar-refractivity contribution in [3.05, 3.63) is 42.0 Å². The number of benzene rings is 1. The van der Waals surface area contributed by atoms with E-state index in [9.17, 15) is 9.59 Å². The monoisotopic (exact) mass is 232 g/mol. The molecule has 0 spiro atoms. The van der Waals surface area contributed by atoms with Gasteiger partial charge in [0.1, 0.15) is 0 Å². The van der Waals surface area contributed by atoms with Crippen LogP contribution in [0.25, 0.3) is 6.08 Å². The van der Waals surface area contributed by atoms with Crippen LogP contribution in [0.3, 0.4) is 0 Å². The number of hydrogen-bond acceptors (Lipinski definition) is 3. The first-order valence-corrected chi connectivity index (χ1v) is 5.29. The molecular weight excluding hydrogens is 216 g/mol. The second kappa shape index (κ2) is 6.60. The van der Waals surface area contributed by atoms with Gasteiger partial charge in [-0.15, -0.1) is 0 Å². The van der Waals surface area contributed by atoms with Crippen LogP contribution in [0.5, 0.6) is 0 Å². The third kappa shape index (κ3) is 5.63. The van der Waals surface area contributed by atoms with Crippen molar-refractivity contribution in [1.82, 2.24) is 10.2 Å². The zero-order valence-corrected chi connectivity index (χ0v) is 10.0. The van der Waals surface area contributed by atoms with E-state index in [1.165, 1.54) is 6.08 Å². The van der Waals surface area contributed by atoms with E-state index >= 15 is 0 Å². The Kier molecular flexibility index (Phi) is 5.10. The number of hydrogen-bond donors (Lipinski definition) is 1. The van der Waals surface area contributed by atoms with Crippen LogP contribution in [0, 0.1) is 0 Å². The van der Waals surface area contributed by atoms with Gasteiger partial charge in [0.05, 0.1) is 6.54 Å². The number of rotatable bonds is 4. The number of nitrogens with zero attached hydrogens (tertiary/aromatic N) is 1. The van der Waals surface area contributed by atoms with E-state index in [0.717, 1.165) is 5.56 Å². The van der Waals surface area contributed by atoms with Gasteiger partial charge in [0.15, 0.2) is 0 Å². The summed E-state index contributed by atoms with van der Waals surface area (Å²) >= 11 is 0. The predicted octanol–water partition coefficient (Wildman–Crippen LogP) is 0.904. The maximum atomic E-state index is 11.4. The molecule has 1 N–H and O–H groups in total. The van der Waals surface area contributed by atoms with Crippen molar-refractivity contribution in [1.29, 1.82) is 0 Å². The van der Waals surface area contributed by atoms with E-state index in [1.54, 1.807) is 25.1 Å². The minimum atomic E-state index is -0.402. The van der Waals surface area contributed by atoms with Crippen LogP contribution >= 0.6 is 0 Å². The molecule has 4 nitrogen and oxygen atoms in total. The summed E-state index contributed by atoms with van der Waals surface area (Å²) in [4.78, 5) is 24.3. The molecule has 0 atom stereocenters. The summed E-state index contributed by atoms with van der Waals surface area (Å²) in [5.74, 6) is -0.710. The molecule has 90 valence electrons. The quantitative estimate of drug-likeness (QED) is 0.785. The smallest absolute Gasteiger partial charge is 0.250 e. The van der Waals surface area contributed by atoms with E-state index in [2.05, 4.69) is 5.32 Å². The van der Waals surface area contributed by atoms with Crippen LogP contribution < -0.4 is 5.32 Å². The molecule has 2 amide bonds. The van der Waals surface area contributed by atoms with Crippen molar-refractivity contribution in [2.75, 3.05) is 20.6 Å². The third-order valence-electron chi connectivity index (χ3n) is 1.95. The number of imide groups is 1. The number of nitrogens with one attached hydrogen (secondary N) is 1. The lowest BCUT2D eigenvalue weighted by molar-refractivity contribution is -0.128. The Morgan fingerprint density at radius 1 is 1.24 bits per heavy atom. The molecule has 0 fully saturated rings. The first-order valence-electron chi connectivity index (χ1n) is 5.29. The molecule has 0 heterocycles. The molecule has 0 aliphatic carbocycles. The van der Waals surface area contributed by atoms with Crippen molar-refractivity contribution in [3.63, 3.8) is 0 Å². The lowest BCUT2D eigenvalue weighted by Gasteiger charge is -2.07. The van der Waals surface area contributed by atoms with Gasteiger partial charge in [-0.3, -0.25) is 14.9 Å². The Morgan fingerprint density at radius 3 is 2.47 bits per heavy atom. The fraction of sp³-hybridized carbons (Fsp3) is 0.231. The molecule has 17 heavy (non-hydrogen) atoms. The zero-order chi connectivity index (χ0) is 12.7. The average molecular weight is 232 g/mol. The average Bonchev–Trinajstić information content (AvgIpc) is 2.26. The second-order valence-electron chi connectivity index (χ2n) is 3.89. The lowest BCUT2D eigenvalue weighted by Crippen LogP contribution is -2.36. The van der Waals surface area contributed by atoms with Crippen molar-refractivity contribution < 1.29 is 9.59 Å². The highest BCUT2D eigenvalue weighted by molar-refractivity contribution is 6.03. The van der Waals surface area contributed by atoms with Crippen molar-refractivity contribution in [2.24, 2.45) is 0 Å². The fourth-order valence-corrected chi connectivity index (χ4v) is 1.24. The Bertz CT molecular complexity index is 411. The van der Waals surface area contributed by atoms with Gasteiger partial charge in [-0.1, -0.05) is 30.3 Å². The number of likely N-dealkylation sites (N-methyl/N-ethyl adjacent to an activating group) is 1. The largest absolute Gasteiger partial charge is 0.301 e. The first kappa shape index (κ1) is 13.1. The van der Waals surface area contributed by atoms with Gasteiger partial charge >= 0.3 is 0 Å². The highest BCUT2D eigenvalue weighted by atomic mass is 16.2. The van der Waals surface area contributed by atoms with Crippen molar-refractivity contribution >= 4 is 17.9 Å². The molecule has 0 saturated heterocycles. The topological polar surface area (TPSA) is 49.4 Å². The van der Waals surface area contributed by atoms with E-state index in [0.29, 0.717) is 0 Å². The highest BCUT2D eigenvalue weighted by Gasteiger charge is 2.05. The lowest BCUT2D eigenvalue weighted by atomic mass is 10.2. The second-order valence-corrected chi connectivity index (χ2v) is 3.89. The van der Waals surface area contributed by atoms with Gasteiger partial charge in [0.2, 0.25) is 5.91 Å². The zero-order valence-electron chi connectivity index (χ0n) is 10.0. The van der Waals surface area contributed by atoms with E-state index in [4.69, 9.17) is 0 Å². The Balaban J connectivity index is 2.45. The molecule has 1 aromatic carbocycles. The van der Waals surface area contributed by atoms with Crippen LogP contribution in [-0.4, -0.2) is 37.4 Å². The molecule has 0 saturated carbocycles. The predicted molar refractivity (Wildman–Crippen MR) is 67.2 cm³/mol. The summed E-state index contributed by atoms with van der Waals surface area (Å²) in [7, 11) is 3.54. The van der Waals surface area contributed by atoms with Crippen LogP contribution in [0.15, 0.2) is 36.4 Å². The van der Waals surface area contributed by atoms with Crippen molar-refractivity contribution in [2.45, 2.75) is 0 Å². The van der Waals surface area contributed by atoms with Gasteiger partial charge in [-0.05, 0) is 25.7 Å². The summed E-state index contributed by atoms with van der Waals surface area (Å²) in [5.41, 5.74) is 0.919. The Hall–Kier alpha value is -1.94. The maximum Gasteiger partial charge on any atom is 0.250 e. The minimum Gasteiger partial charge on any atom is -0.301 e. The number of amides is 2. The number of carbonyl (C=O) groups is 2. The Morgan fingerprint density at radius 2 is 1.88 bits per heavy atom. The normalized spacial score (nSPS) is 10.8. The maximum absolute atomic E-state index is 11.4. The first-order chi connectivity index (χ1) is 8.08. The minimum absolute atomic E-state index is 0.199. The van der Waals surface area contributed by atoms with Gasteiger partial charge in [-0.25, -0.2) is 0 Å². The van der Waals surface area contributed by atoms with Crippen LogP contribution in [0.1, 0.15) is 5.56 Å². The van der Waals surface area contributed by atoms with E-state index in [1.807, 2.05) is 30.3 Å². The summed E-state index contributed by atoms with van der Waals surface area (Å²) < 4.78 is 0. The van der Waals surface area contributed by atoms with E-state index in [-0.39, 0.29) is 12.5 Å². The van der Waals surface area contributed by atoms with Crippen LogP contribution in [0.2, 0.25) is 0 Å². The molecular formula is C13H16N2O2. The highest BCUT2D eigenvalue weighted by Crippen LogP contribution is 2.00. The molecule has 4 heteroatoms. The van der Waals surface area contributed by atoms with Gasteiger partial charge in [-0.2, -0.15) is 0 Å². The van der Waals surface area contributed by atoms with Gasteiger partial charge in [0.25, 0.3) is 5.91 Å². The molecule has 0 aliphatic rings. The molecule has 0 bridgehead atoms. The van der Waals surface area contributed by atoms with Gasteiger partial charge < -0.3 is 4.90 Å². The fourth-order valence-electron chi connectivity index (χ4n) is 1.24. The standard InChI is InChI=1S/C13H16N2O2/c1-15(2)10-13(17)14-12(16)9-8-11-6-4-3-5-7-11/h3-9H,10H2,1-2H3,(H,14,16,17). The third-order valence-corrected chi connectivity index (χ3v) is 1.95. The molecule has 0 unspecified atom stereocenters. The SMILES string of the molecule is CN(C)CC(=O)NC(=O)C=Cc1ccccc1. The summed E-state index contributed by atoms with van der Waals surface area (Å²) in [6, 6.07) is 9.43. The van der Waals surface area contributed by atoms with Crippen LogP contribution in [0.4, 0.5) is 0 Å². The van der Waals surface area contributed by atoms with Crippen LogP contribution in [-0.2, 0) is 9.59 Å². The van der Waals surface area contributed by atoms with E-state index < -0.39 is 5.91 Å². The Labute approximate surface area is 101 Å². The summed E-state index contributed by atoms with van der Waals surface area (Å²) in [6.45, 7) is 0.199. The number of carbonyl (C=O) groups excluding carboxylic acids is 2. The molecule has 1 aromatic rings.